The van der Waals surface area contributed by atoms with Crippen molar-refractivity contribution < 1.29 is 21.5 Å². The Morgan fingerprint density at radius 2 is 1.54 bits per heavy atom. The minimum absolute atomic E-state index is 0. The first-order valence-corrected chi connectivity index (χ1v) is 5.54. The fraction of sp³-hybridized carbons (Fsp3) is 1.00. The van der Waals surface area contributed by atoms with E-state index in [1.54, 1.807) is 0 Å². The lowest BCUT2D eigenvalue weighted by Crippen LogP contribution is -3.00. The number of alkyl halides is 1. The van der Waals surface area contributed by atoms with Crippen LogP contribution in [0.15, 0.2) is 0 Å². The molecule has 0 aromatic rings. The Morgan fingerprint density at radius 1 is 1.00 bits per heavy atom. The highest BCUT2D eigenvalue weighted by Gasteiger charge is 2.11. The summed E-state index contributed by atoms with van der Waals surface area (Å²) in [5.74, 6) is 0. The minimum atomic E-state index is 0. The van der Waals surface area contributed by atoms with Crippen LogP contribution < -0.4 is 17.0 Å². The Labute approximate surface area is 98.8 Å². The smallest absolute Gasteiger partial charge is 0.154 e. The molecule has 0 aromatic heterocycles. The minimum Gasteiger partial charge on any atom is -1.00 e. The molecule has 3 heteroatoms. The van der Waals surface area contributed by atoms with Crippen molar-refractivity contribution in [2.75, 3.05) is 26.6 Å². The van der Waals surface area contributed by atoms with E-state index in [2.05, 4.69) is 21.0 Å². The van der Waals surface area contributed by atoms with E-state index in [1.165, 1.54) is 38.6 Å². The third-order valence-electron chi connectivity index (χ3n) is 2.19. The molecular weight excluding hydrogens is 249 g/mol. The topological polar surface area (TPSA) is 0 Å². The summed E-state index contributed by atoms with van der Waals surface area (Å²) in [6, 6.07) is 0.730. The van der Waals surface area contributed by atoms with Gasteiger partial charge >= 0.3 is 0 Å². The molecule has 82 valence electrons. The van der Waals surface area contributed by atoms with E-state index < -0.39 is 0 Å². The van der Waals surface area contributed by atoms with Gasteiger partial charge in [0, 0.05) is 0 Å². The molecule has 0 aliphatic rings. The van der Waals surface area contributed by atoms with E-state index in [0.29, 0.717) is 0 Å². The van der Waals surface area contributed by atoms with Crippen molar-refractivity contribution in [1.82, 2.24) is 0 Å². The number of nitrogens with zero attached hydrogens (tertiary/aromatic N) is 1. The molecule has 0 atom stereocenters. The molecule has 13 heavy (non-hydrogen) atoms. The Bertz CT molecular complexity index is 107. The van der Waals surface area contributed by atoms with Crippen LogP contribution in [0.4, 0.5) is 0 Å². The van der Waals surface area contributed by atoms with E-state index >= 15 is 0 Å². The molecule has 0 rings (SSSR count). The van der Waals surface area contributed by atoms with Gasteiger partial charge in [-0.15, -0.1) is 0 Å². The third-order valence-corrected chi connectivity index (χ3v) is 2.84. The van der Waals surface area contributed by atoms with Gasteiger partial charge in [-0.25, -0.2) is 0 Å². The summed E-state index contributed by atoms with van der Waals surface area (Å²) in [7, 11) is 4.37. The van der Waals surface area contributed by atoms with Gasteiger partial charge in [0.25, 0.3) is 0 Å². The first-order valence-electron chi connectivity index (χ1n) is 5.00. The molecule has 0 fully saturated rings. The summed E-state index contributed by atoms with van der Waals surface area (Å²) in [5.41, 5.74) is 0. The molecule has 0 unspecified atom stereocenters. The van der Waals surface area contributed by atoms with Crippen molar-refractivity contribution in [2.45, 2.75) is 39.0 Å². The first-order chi connectivity index (χ1) is 5.62. The Kier molecular flexibility index (Phi) is 11.6. The molecule has 0 heterocycles. The monoisotopic (exact) mass is 271 g/mol. The van der Waals surface area contributed by atoms with Crippen molar-refractivity contribution in [3.05, 3.63) is 0 Å². The number of quaternary nitrogens is 1. The number of unbranched alkanes of at least 4 members (excludes halogenated alkanes) is 4. The fourth-order valence-corrected chi connectivity index (χ4v) is 1.32. The molecule has 0 aliphatic heterocycles. The third kappa shape index (κ3) is 10.7. The summed E-state index contributed by atoms with van der Waals surface area (Å²) in [6.07, 6.45) is 6.78. The molecule has 0 saturated heterocycles. The first kappa shape index (κ1) is 16.2. The average molecular weight is 273 g/mol. The van der Waals surface area contributed by atoms with Gasteiger partial charge in [0.15, 0.2) is 6.00 Å². The van der Waals surface area contributed by atoms with Crippen LogP contribution in [-0.2, 0) is 0 Å². The highest BCUT2D eigenvalue weighted by atomic mass is 79.9. The van der Waals surface area contributed by atoms with E-state index in [1.807, 2.05) is 0 Å². The molecule has 0 saturated carbocycles. The standard InChI is InChI=1S/C10H23ClN.BrH/c1-4-5-6-7-8-9-12(2,3)10-11;/h4-10H2,1-3H3;1H/q+1;/p-1. The lowest BCUT2D eigenvalue weighted by atomic mass is 10.1. The molecule has 0 bridgehead atoms. The van der Waals surface area contributed by atoms with Crippen LogP contribution in [0.25, 0.3) is 0 Å². The second kappa shape index (κ2) is 9.29. The van der Waals surface area contributed by atoms with Gasteiger partial charge in [-0.3, -0.25) is 0 Å². The molecule has 0 aliphatic carbocycles. The predicted octanol–water partition coefficient (Wildman–Crippen LogP) is 0.234. The van der Waals surface area contributed by atoms with Crippen LogP contribution in [0.2, 0.25) is 0 Å². The summed E-state index contributed by atoms with van der Waals surface area (Å²) in [4.78, 5) is 0. The van der Waals surface area contributed by atoms with Gasteiger partial charge in [0.2, 0.25) is 0 Å². The molecule has 0 aromatic carbocycles. The highest BCUT2D eigenvalue weighted by Crippen LogP contribution is 2.07. The van der Waals surface area contributed by atoms with Gasteiger partial charge in [-0.1, -0.05) is 37.8 Å². The van der Waals surface area contributed by atoms with E-state index in [0.717, 1.165) is 10.5 Å². The van der Waals surface area contributed by atoms with Crippen LogP contribution in [0.1, 0.15) is 39.0 Å². The molecular formula is C10H23BrClN. The van der Waals surface area contributed by atoms with Gasteiger partial charge in [0.05, 0.1) is 20.6 Å². The zero-order valence-electron chi connectivity index (χ0n) is 9.15. The van der Waals surface area contributed by atoms with Gasteiger partial charge in [-0.2, -0.15) is 0 Å². The number of hydrogen-bond donors (Lipinski definition) is 0. The molecule has 1 nitrogen and oxygen atoms in total. The van der Waals surface area contributed by atoms with Crippen molar-refractivity contribution in [2.24, 2.45) is 0 Å². The van der Waals surface area contributed by atoms with Crippen LogP contribution in [-0.4, -0.2) is 31.1 Å². The summed E-state index contributed by atoms with van der Waals surface area (Å²) in [5, 5.41) is 0. The maximum absolute atomic E-state index is 5.81. The Hall–Kier alpha value is 0.730. The van der Waals surface area contributed by atoms with Gasteiger partial charge < -0.3 is 21.5 Å². The number of hydrogen-bond acceptors (Lipinski definition) is 0. The predicted molar refractivity (Wildman–Crippen MR) is 56.5 cm³/mol. The molecule has 0 radical (unpaired) electrons. The van der Waals surface area contributed by atoms with Crippen molar-refractivity contribution in [1.29, 1.82) is 0 Å². The van der Waals surface area contributed by atoms with E-state index in [9.17, 15) is 0 Å². The Balaban J connectivity index is 0. The Morgan fingerprint density at radius 3 is 2.00 bits per heavy atom. The van der Waals surface area contributed by atoms with Crippen LogP contribution >= 0.6 is 11.6 Å². The number of halogens is 2. The maximum Gasteiger partial charge on any atom is 0.154 e. The lowest BCUT2D eigenvalue weighted by molar-refractivity contribution is -0.879. The molecule has 0 N–H and O–H groups in total. The van der Waals surface area contributed by atoms with E-state index in [4.69, 9.17) is 11.6 Å². The van der Waals surface area contributed by atoms with Crippen LogP contribution in [0, 0.1) is 0 Å². The fourth-order valence-electron chi connectivity index (χ4n) is 1.20. The quantitative estimate of drug-likeness (QED) is 0.269. The summed E-state index contributed by atoms with van der Waals surface area (Å²) < 4.78 is 0.952. The van der Waals surface area contributed by atoms with Gasteiger partial charge in [0.1, 0.15) is 0 Å². The molecule has 0 amide bonds. The van der Waals surface area contributed by atoms with Gasteiger partial charge in [-0.05, 0) is 12.8 Å². The zero-order valence-corrected chi connectivity index (χ0v) is 11.5. The second-order valence-corrected chi connectivity index (χ2v) is 4.43. The largest absolute Gasteiger partial charge is 1.00 e. The SMILES string of the molecule is CCCCCCC[N+](C)(C)CCl.[Br-]. The summed E-state index contributed by atoms with van der Waals surface area (Å²) >= 11 is 5.81. The average Bonchev–Trinajstić information content (AvgIpc) is 2.04. The zero-order chi connectivity index (χ0) is 9.45. The van der Waals surface area contributed by atoms with Crippen molar-refractivity contribution in [3.8, 4) is 0 Å². The van der Waals surface area contributed by atoms with Crippen LogP contribution in [0.3, 0.4) is 0 Å². The highest BCUT2D eigenvalue weighted by molar-refractivity contribution is 6.16. The maximum atomic E-state index is 5.81. The van der Waals surface area contributed by atoms with Crippen molar-refractivity contribution in [3.63, 3.8) is 0 Å². The summed E-state index contributed by atoms with van der Waals surface area (Å²) in [6.45, 7) is 3.46. The number of rotatable bonds is 7. The lowest BCUT2D eigenvalue weighted by Gasteiger charge is -2.26. The molecule has 0 spiro atoms. The van der Waals surface area contributed by atoms with Crippen LogP contribution in [0.5, 0.6) is 0 Å². The van der Waals surface area contributed by atoms with E-state index in [-0.39, 0.29) is 17.0 Å². The normalized spacial score (nSPS) is 11.1. The van der Waals surface area contributed by atoms with Crippen molar-refractivity contribution >= 4 is 11.6 Å². The second-order valence-electron chi connectivity index (χ2n) is 4.19.